The highest BCUT2D eigenvalue weighted by molar-refractivity contribution is 5.53. The maximum Gasteiger partial charge on any atom is 0.311 e. The predicted octanol–water partition coefficient (Wildman–Crippen LogP) is 2.70. The first-order valence-electron chi connectivity index (χ1n) is 4.95. The topological polar surface area (TPSA) is 52.4 Å². The summed E-state index contributed by atoms with van der Waals surface area (Å²) < 4.78 is 5.67. The van der Waals surface area contributed by atoms with E-state index in [1.807, 2.05) is 19.9 Å². The Bertz CT molecular complexity index is 412. The van der Waals surface area contributed by atoms with Gasteiger partial charge in [-0.05, 0) is 26.7 Å². The number of para-hydroxylation sites is 1. The van der Waals surface area contributed by atoms with Gasteiger partial charge in [0.2, 0.25) is 5.75 Å². The minimum absolute atomic E-state index is 0.0697. The zero-order valence-electron chi connectivity index (χ0n) is 8.82. The van der Waals surface area contributed by atoms with E-state index in [1.165, 1.54) is 6.07 Å². The molecule has 1 heterocycles. The van der Waals surface area contributed by atoms with Gasteiger partial charge < -0.3 is 4.74 Å². The Balaban J connectivity index is 2.50. The molecule has 0 spiro atoms. The van der Waals surface area contributed by atoms with E-state index >= 15 is 0 Å². The quantitative estimate of drug-likeness (QED) is 0.525. The number of ether oxygens (including phenoxy) is 1. The van der Waals surface area contributed by atoms with Gasteiger partial charge in [0.15, 0.2) is 0 Å². The van der Waals surface area contributed by atoms with Crippen molar-refractivity contribution >= 4 is 5.69 Å². The highest BCUT2D eigenvalue weighted by Gasteiger charge is 2.31. The van der Waals surface area contributed by atoms with Gasteiger partial charge in [-0.3, -0.25) is 10.1 Å². The molecule has 1 aromatic carbocycles. The van der Waals surface area contributed by atoms with E-state index in [0.29, 0.717) is 5.75 Å². The molecule has 0 saturated heterocycles. The Labute approximate surface area is 88.0 Å². The van der Waals surface area contributed by atoms with Crippen molar-refractivity contribution in [1.82, 2.24) is 0 Å². The van der Waals surface area contributed by atoms with Crippen molar-refractivity contribution in [1.29, 1.82) is 0 Å². The van der Waals surface area contributed by atoms with Crippen LogP contribution in [0.4, 0.5) is 5.69 Å². The van der Waals surface area contributed by atoms with Crippen molar-refractivity contribution in [2.75, 3.05) is 0 Å². The third kappa shape index (κ3) is 1.79. The molecule has 0 atom stereocenters. The summed E-state index contributed by atoms with van der Waals surface area (Å²) in [7, 11) is 0. The van der Waals surface area contributed by atoms with Crippen molar-refractivity contribution in [2.45, 2.75) is 32.3 Å². The molecule has 4 heteroatoms. The monoisotopic (exact) mass is 207 g/mol. The average Bonchev–Trinajstić information content (AvgIpc) is 2.15. The molecule has 4 nitrogen and oxygen atoms in total. The van der Waals surface area contributed by atoms with Gasteiger partial charge in [-0.15, -0.1) is 0 Å². The summed E-state index contributed by atoms with van der Waals surface area (Å²) in [4.78, 5) is 10.4. The predicted molar refractivity (Wildman–Crippen MR) is 56.1 cm³/mol. The number of hydrogen-bond acceptors (Lipinski definition) is 3. The first-order valence-corrected chi connectivity index (χ1v) is 4.95. The van der Waals surface area contributed by atoms with Gasteiger partial charge in [-0.2, -0.15) is 0 Å². The van der Waals surface area contributed by atoms with E-state index in [2.05, 4.69) is 0 Å². The maximum atomic E-state index is 10.8. The molecule has 0 aliphatic carbocycles. The van der Waals surface area contributed by atoms with Crippen LogP contribution in [0.15, 0.2) is 18.2 Å². The summed E-state index contributed by atoms with van der Waals surface area (Å²) in [5.74, 6) is 0.443. The van der Waals surface area contributed by atoms with Gasteiger partial charge in [0.05, 0.1) is 4.92 Å². The van der Waals surface area contributed by atoms with Crippen molar-refractivity contribution < 1.29 is 9.66 Å². The molecule has 0 aromatic heterocycles. The molecule has 1 aromatic rings. The van der Waals surface area contributed by atoms with Crippen LogP contribution in [0.1, 0.15) is 25.8 Å². The second-order valence-corrected chi connectivity index (χ2v) is 4.38. The first kappa shape index (κ1) is 9.96. The largest absolute Gasteiger partial charge is 0.481 e. The fraction of sp³-hybridized carbons (Fsp3) is 0.455. The zero-order chi connectivity index (χ0) is 11.1. The third-order valence-corrected chi connectivity index (χ3v) is 2.65. The Morgan fingerprint density at radius 3 is 2.87 bits per heavy atom. The fourth-order valence-electron chi connectivity index (χ4n) is 1.79. The number of nitro benzene ring substituents is 1. The molecule has 0 fully saturated rings. The normalized spacial score (nSPS) is 17.7. The molecule has 80 valence electrons. The SMILES string of the molecule is CC1(C)CCc2cccc([N+](=O)[O-])c2O1. The van der Waals surface area contributed by atoms with Crippen LogP contribution in [-0.2, 0) is 6.42 Å². The number of benzene rings is 1. The smallest absolute Gasteiger partial charge is 0.311 e. The van der Waals surface area contributed by atoms with Crippen LogP contribution < -0.4 is 4.74 Å². The highest BCUT2D eigenvalue weighted by atomic mass is 16.6. The van der Waals surface area contributed by atoms with Crippen LogP contribution in [0.25, 0.3) is 0 Å². The van der Waals surface area contributed by atoms with Gasteiger partial charge in [0, 0.05) is 11.6 Å². The lowest BCUT2D eigenvalue weighted by atomic mass is 9.94. The van der Waals surface area contributed by atoms with Crippen molar-refractivity contribution in [3.63, 3.8) is 0 Å². The summed E-state index contributed by atoms with van der Waals surface area (Å²) in [5.41, 5.74) is 0.697. The van der Waals surface area contributed by atoms with Crippen LogP contribution in [-0.4, -0.2) is 10.5 Å². The lowest BCUT2D eigenvalue weighted by molar-refractivity contribution is -0.386. The molecule has 0 bridgehead atoms. The summed E-state index contributed by atoms with van der Waals surface area (Å²) in [6.07, 6.45) is 1.73. The first-order chi connectivity index (χ1) is 6.99. The Morgan fingerprint density at radius 2 is 2.20 bits per heavy atom. The molecule has 1 aliphatic heterocycles. The summed E-state index contributed by atoms with van der Waals surface area (Å²) >= 11 is 0. The number of fused-ring (bicyclic) bond motifs is 1. The standard InChI is InChI=1S/C11H13NO3/c1-11(2)7-6-8-4-3-5-9(12(13)14)10(8)15-11/h3-5H,6-7H2,1-2H3. The highest BCUT2D eigenvalue weighted by Crippen LogP contribution is 2.39. The minimum atomic E-state index is -0.389. The molecule has 0 N–H and O–H groups in total. The second-order valence-electron chi connectivity index (χ2n) is 4.38. The van der Waals surface area contributed by atoms with Gasteiger partial charge in [0.25, 0.3) is 0 Å². The van der Waals surface area contributed by atoms with E-state index in [1.54, 1.807) is 6.07 Å². The maximum absolute atomic E-state index is 10.8. The average molecular weight is 207 g/mol. The van der Waals surface area contributed by atoms with Crippen LogP contribution in [0.5, 0.6) is 5.75 Å². The van der Waals surface area contributed by atoms with Crippen LogP contribution in [0.3, 0.4) is 0 Å². The summed E-state index contributed by atoms with van der Waals surface area (Å²) in [6, 6.07) is 5.08. The molecule has 0 amide bonds. The Morgan fingerprint density at radius 1 is 1.47 bits per heavy atom. The number of rotatable bonds is 1. The minimum Gasteiger partial charge on any atom is -0.481 e. The number of nitro groups is 1. The fourth-order valence-corrected chi connectivity index (χ4v) is 1.79. The molecule has 0 saturated carbocycles. The van der Waals surface area contributed by atoms with Crippen molar-refractivity contribution in [3.05, 3.63) is 33.9 Å². The van der Waals surface area contributed by atoms with Gasteiger partial charge >= 0.3 is 5.69 Å². The third-order valence-electron chi connectivity index (χ3n) is 2.65. The van der Waals surface area contributed by atoms with Crippen molar-refractivity contribution in [3.8, 4) is 5.75 Å². The summed E-state index contributed by atoms with van der Waals surface area (Å²) in [6.45, 7) is 3.90. The number of hydrogen-bond donors (Lipinski definition) is 0. The van der Waals surface area contributed by atoms with Crippen LogP contribution >= 0.6 is 0 Å². The lowest BCUT2D eigenvalue weighted by Crippen LogP contribution is -2.32. The zero-order valence-corrected chi connectivity index (χ0v) is 8.82. The van der Waals surface area contributed by atoms with Gasteiger partial charge in [0.1, 0.15) is 5.60 Å². The second kappa shape index (κ2) is 3.22. The molecular formula is C11H13NO3. The number of nitrogens with zero attached hydrogens (tertiary/aromatic N) is 1. The van der Waals surface area contributed by atoms with E-state index in [9.17, 15) is 10.1 Å². The Hall–Kier alpha value is -1.58. The van der Waals surface area contributed by atoms with E-state index in [-0.39, 0.29) is 16.2 Å². The molecule has 0 radical (unpaired) electrons. The van der Waals surface area contributed by atoms with E-state index in [0.717, 1.165) is 18.4 Å². The molecule has 2 rings (SSSR count). The van der Waals surface area contributed by atoms with Crippen LogP contribution in [0, 0.1) is 10.1 Å². The van der Waals surface area contributed by atoms with Gasteiger partial charge in [-0.25, -0.2) is 0 Å². The lowest BCUT2D eigenvalue weighted by Gasteiger charge is -2.31. The van der Waals surface area contributed by atoms with Gasteiger partial charge in [-0.1, -0.05) is 12.1 Å². The molecule has 1 aliphatic rings. The molecule has 0 unspecified atom stereocenters. The Kier molecular flexibility index (Phi) is 2.14. The van der Waals surface area contributed by atoms with E-state index < -0.39 is 0 Å². The van der Waals surface area contributed by atoms with E-state index in [4.69, 9.17) is 4.74 Å². The summed E-state index contributed by atoms with van der Waals surface area (Å²) in [5, 5.41) is 10.8. The molecule has 15 heavy (non-hydrogen) atoms. The number of aryl methyl sites for hydroxylation is 1. The van der Waals surface area contributed by atoms with Crippen molar-refractivity contribution in [2.24, 2.45) is 0 Å². The molecular weight excluding hydrogens is 194 g/mol. The van der Waals surface area contributed by atoms with Crippen LogP contribution in [0.2, 0.25) is 0 Å².